The largest absolute Gasteiger partial charge is 0.514 e. The molecule has 0 unspecified atom stereocenters. The van der Waals surface area contributed by atoms with Gasteiger partial charge in [0, 0.05) is 6.42 Å². The van der Waals surface area contributed by atoms with Crippen molar-refractivity contribution in [3.05, 3.63) is 41.5 Å². The van der Waals surface area contributed by atoms with E-state index in [0.717, 1.165) is 60.3 Å². The molecule has 4 aliphatic rings. The highest BCUT2D eigenvalue weighted by atomic mass is 16.7. The molecule has 0 aliphatic heterocycles. The topological polar surface area (TPSA) is 35.5 Å². The summed E-state index contributed by atoms with van der Waals surface area (Å²) < 4.78 is 11.3. The monoisotopic (exact) mass is 520 g/mol. The van der Waals surface area contributed by atoms with Gasteiger partial charge in [0.25, 0.3) is 0 Å². The van der Waals surface area contributed by atoms with E-state index in [1.807, 2.05) is 31.2 Å². The van der Waals surface area contributed by atoms with Gasteiger partial charge in [-0.15, -0.1) is 0 Å². The summed E-state index contributed by atoms with van der Waals surface area (Å²) in [5, 5.41) is 0. The van der Waals surface area contributed by atoms with Crippen molar-refractivity contribution in [3.63, 3.8) is 0 Å². The fourth-order valence-electron chi connectivity index (χ4n) is 9.62. The molecule has 0 aromatic heterocycles. The van der Waals surface area contributed by atoms with Gasteiger partial charge in [0.1, 0.15) is 11.9 Å². The molecular formula is C35H52O3. The zero-order chi connectivity index (χ0) is 27.1. The lowest BCUT2D eigenvalue weighted by molar-refractivity contribution is -0.0597. The van der Waals surface area contributed by atoms with E-state index in [-0.39, 0.29) is 11.5 Å². The maximum absolute atomic E-state index is 12.5. The first-order valence-electron chi connectivity index (χ1n) is 15.7. The van der Waals surface area contributed by atoms with Crippen LogP contribution in [-0.2, 0) is 4.74 Å². The lowest BCUT2D eigenvalue weighted by Crippen LogP contribution is -2.51. The third kappa shape index (κ3) is 5.33. The second kappa shape index (κ2) is 11.0. The van der Waals surface area contributed by atoms with E-state index in [0.29, 0.717) is 11.2 Å². The summed E-state index contributed by atoms with van der Waals surface area (Å²) in [4.78, 5) is 12.5. The van der Waals surface area contributed by atoms with Gasteiger partial charge in [-0.25, -0.2) is 4.79 Å². The van der Waals surface area contributed by atoms with Gasteiger partial charge in [0.15, 0.2) is 0 Å². The Labute approximate surface area is 232 Å². The SMILES string of the molecule is Cc1ccc(OC(=O)O[C@H]2CC[C@@]3(C)C(=CC[C@H]4[C@H]5CC[C@H]([C@H](C)CCCC(C)C)[C@@]5(C)CC[C@H]43)C2)cc1. The van der Waals surface area contributed by atoms with E-state index in [9.17, 15) is 4.79 Å². The van der Waals surface area contributed by atoms with E-state index in [4.69, 9.17) is 9.47 Å². The van der Waals surface area contributed by atoms with Crippen LogP contribution >= 0.6 is 0 Å². The second-order valence-electron chi connectivity index (χ2n) is 14.4. The molecule has 0 heterocycles. The Morgan fingerprint density at radius 1 is 0.974 bits per heavy atom. The van der Waals surface area contributed by atoms with Crippen LogP contribution in [0.4, 0.5) is 4.79 Å². The minimum Gasteiger partial charge on any atom is -0.430 e. The number of carbonyl (C=O) groups is 1. The lowest BCUT2D eigenvalue weighted by atomic mass is 9.47. The minimum atomic E-state index is -0.565. The molecule has 3 saturated carbocycles. The van der Waals surface area contributed by atoms with Crippen molar-refractivity contribution < 1.29 is 14.3 Å². The molecule has 3 nitrogen and oxygen atoms in total. The van der Waals surface area contributed by atoms with Crippen LogP contribution in [0.25, 0.3) is 0 Å². The average molecular weight is 521 g/mol. The molecular weight excluding hydrogens is 468 g/mol. The van der Waals surface area contributed by atoms with Crippen LogP contribution in [0, 0.1) is 53.3 Å². The fraction of sp³-hybridized carbons (Fsp3) is 0.743. The first-order valence-corrected chi connectivity index (χ1v) is 15.7. The molecule has 4 aliphatic carbocycles. The van der Waals surface area contributed by atoms with Crippen molar-refractivity contribution in [3.8, 4) is 5.75 Å². The van der Waals surface area contributed by atoms with E-state index in [1.165, 1.54) is 51.4 Å². The predicted octanol–water partition coefficient (Wildman–Crippen LogP) is 9.92. The van der Waals surface area contributed by atoms with Gasteiger partial charge in [0.2, 0.25) is 0 Å². The average Bonchev–Trinajstić information content (AvgIpc) is 3.23. The number of hydrogen-bond donors (Lipinski definition) is 0. The van der Waals surface area contributed by atoms with Crippen LogP contribution in [-0.4, -0.2) is 12.3 Å². The van der Waals surface area contributed by atoms with Crippen molar-refractivity contribution in [2.45, 2.75) is 118 Å². The summed E-state index contributed by atoms with van der Waals surface area (Å²) in [6.07, 6.45) is 16.0. The highest BCUT2D eigenvalue weighted by Gasteiger charge is 2.59. The van der Waals surface area contributed by atoms with Crippen LogP contribution in [0.15, 0.2) is 35.9 Å². The van der Waals surface area contributed by atoms with Gasteiger partial charge >= 0.3 is 6.16 Å². The number of hydrogen-bond acceptors (Lipinski definition) is 3. The molecule has 1 aromatic rings. The first-order chi connectivity index (χ1) is 18.1. The highest BCUT2D eigenvalue weighted by Crippen LogP contribution is 2.67. The molecule has 210 valence electrons. The summed E-state index contributed by atoms with van der Waals surface area (Å²) in [6.45, 7) is 14.5. The molecule has 5 rings (SSSR count). The Bertz CT molecular complexity index is 1010. The number of fused-ring (bicyclic) bond motifs is 5. The third-order valence-corrected chi connectivity index (χ3v) is 11.7. The summed E-state index contributed by atoms with van der Waals surface area (Å²) >= 11 is 0. The van der Waals surface area contributed by atoms with E-state index in [1.54, 1.807) is 5.57 Å². The number of allylic oxidation sites excluding steroid dienone is 1. The number of benzene rings is 1. The number of ether oxygens (including phenoxy) is 2. The first kappa shape index (κ1) is 27.8. The molecule has 0 bridgehead atoms. The lowest BCUT2D eigenvalue weighted by Gasteiger charge is -2.58. The maximum atomic E-state index is 12.5. The fourth-order valence-corrected chi connectivity index (χ4v) is 9.62. The number of carbonyl (C=O) groups excluding carboxylic acids is 1. The molecule has 0 radical (unpaired) electrons. The zero-order valence-electron chi connectivity index (χ0n) is 24.9. The van der Waals surface area contributed by atoms with Crippen LogP contribution < -0.4 is 4.74 Å². The molecule has 0 amide bonds. The summed E-state index contributed by atoms with van der Waals surface area (Å²) in [5.74, 6) is 5.64. The Hall–Kier alpha value is -1.77. The van der Waals surface area contributed by atoms with Crippen molar-refractivity contribution in [2.75, 3.05) is 0 Å². The van der Waals surface area contributed by atoms with Gasteiger partial charge in [-0.05, 0) is 110 Å². The smallest absolute Gasteiger partial charge is 0.430 e. The molecule has 0 saturated heterocycles. The molecule has 1 aromatic carbocycles. The highest BCUT2D eigenvalue weighted by molar-refractivity contribution is 5.64. The number of rotatable bonds is 7. The molecule has 3 fully saturated rings. The van der Waals surface area contributed by atoms with Crippen molar-refractivity contribution in [2.24, 2.45) is 46.3 Å². The molecule has 38 heavy (non-hydrogen) atoms. The van der Waals surface area contributed by atoms with Gasteiger partial charge in [-0.3, -0.25) is 0 Å². The molecule has 0 N–H and O–H groups in total. The Morgan fingerprint density at radius 2 is 1.74 bits per heavy atom. The van der Waals surface area contributed by atoms with Crippen LogP contribution in [0.5, 0.6) is 5.75 Å². The third-order valence-electron chi connectivity index (χ3n) is 11.7. The van der Waals surface area contributed by atoms with E-state index in [2.05, 4.69) is 40.7 Å². The van der Waals surface area contributed by atoms with Gasteiger partial charge in [-0.2, -0.15) is 0 Å². The molecule has 3 heteroatoms. The van der Waals surface area contributed by atoms with Crippen LogP contribution in [0.2, 0.25) is 0 Å². The van der Waals surface area contributed by atoms with Gasteiger partial charge in [0.05, 0.1) is 0 Å². The maximum Gasteiger partial charge on any atom is 0.514 e. The van der Waals surface area contributed by atoms with Crippen molar-refractivity contribution >= 4 is 6.16 Å². The van der Waals surface area contributed by atoms with Crippen molar-refractivity contribution in [1.82, 2.24) is 0 Å². The Balaban J connectivity index is 1.21. The Morgan fingerprint density at radius 3 is 2.47 bits per heavy atom. The van der Waals surface area contributed by atoms with Crippen LogP contribution in [0.1, 0.15) is 111 Å². The zero-order valence-corrected chi connectivity index (χ0v) is 24.9. The molecule has 0 spiro atoms. The minimum absolute atomic E-state index is 0.0692. The van der Waals surface area contributed by atoms with Gasteiger partial charge < -0.3 is 9.47 Å². The predicted molar refractivity (Wildman–Crippen MR) is 155 cm³/mol. The van der Waals surface area contributed by atoms with Gasteiger partial charge in [-0.1, -0.05) is 83.2 Å². The van der Waals surface area contributed by atoms with E-state index < -0.39 is 6.16 Å². The quantitative estimate of drug-likeness (QED) is 0.204. The van der Waals surface area contributed by atoms with E-state index >= 15 is 0 Å². The summed E-state index contributed by atoms with van der Waals surface area (Å²) in [7, 11) is 0. The summed E-state index contributed by atoms with van der Waals surface area (Å²) in [6, 6.07) is 7.56. The summed E-state index contributed by atoms with van der Waals surface area (Å²) in [5.41, 5.74) is 3.50. The second-order valence-corrected chi connectivity index (χ2v) is 14.4. The standard InChI is InChI=1S/C35H52O3/c1-23(2)8-7-9-25(4)30-16-17-31-29-15-12-26-22-28(38-33(36)37-27-13-10-24(3)11-14-27)18-20-34(26,5)32(29)19-21-35(30,31)6/h10-14,23,25,28-32H,7-9,15-22H2,1-6H3/t25-,28+,29+,30-,31-,32-,34+,35-/m1/s1. The van der Waals surface area contributed by atoms with Crippen LogP contribution in [0.3, 0.4) is 0 Å². The van der Waals surface area contributed by atoms with Crippen molar-refractivity contribution in [1.29, 1.82) is 0 Å². The normalized spacial score (nSPS) is 37.0. The number of aryl methyl sites for hydroxylation is 1. The molecule has 8 atom stereocenters. The Kier molecular flexibility index (Phi) is 8.05.